The first-order valence-electron chi connectivity index (χ1n) is 6.07. The van der Waals surface area contributed by atoms with Crippen molar-refractivity contribution in [3.05, 3.63) is 51.5 Å². The van der Waals surface area contributed by atoms with Gasteiger partial charge in [0.25, 0.3) is 0 Å². The van der Waals surface area contributed by atoms with Crippen LogP contribution in [0.25, 0.3) is 0 Å². The van der Waals surface area contributed by atoms with Gasteiger partial charge in [0.15, 0.2) is 0 Å². The Bertz CT molecular complexity index is 655. The molecule has 1 aromatic heterocycles. The first kappa shape index (κ1) is 14.7. The summed E-state index contributed by atoms with van der Waals surface area (Å²) in [5, 5.41) is 13.6. The molecule has 0 spiro atoms. The van der Waals surface area contributed by atoms with E-state index in [-0.39, 0.29) is 12.0 Å². The maximum Gasteiger partial charge on any atom is 0.311 e. The Labute approximate surface area is 124 Å². The number of carboxylic acid groups (broad SMARTS) is 1. The van der Waals surface area contributed by atoms with Gasteiger partial charge in [0, 0.05) is 19.0 Å². The van der Waals surface area contributed by atoms with E-state index < -0.39 is 17.7 Å². The summed E-state index contributed by atoms with van der Waals surface area (Å²) in [5.74, 6) is -2.50. The molecule has 0 saturated carbocycles. The van der Waals surface area contributed by atoms with Gasteiger partial charge in [0.2, 0.25) is 0 Å². The minimum absolute atomic E-state index is 0.175. The number of aryl methyl sites for hydroxylation is 2. The first-order chi connectivity index (χ1) is 9.41. The number of benzene rings is 1. The molecular weight excluding hydrogens is 327 g/mol. The zero-order chi connectivity index (χ0) is 14.9. The van der Waals surface area contributed by atoms with Gasteiger partial charge in [-0.05, 0) is 28.9 Å². The summed E-state index contributed by atoms with van der Waals surface area (Å²) >= 11 is 3.40. The Morgan fingerprint density at radius 2 is 2.15 bits per heavy atom. The fourth-order valence-corrected chi connectivity index (χ4v) is 2.68. The van der Waals surface area contributed by atoms with Gasteiger partial charge in [-0.25, -0.2) is 4.39 Å². The average Bonchev–Trinajstić information content (AvgIpc) is 2.62. The highest BCUT2D eigenvalue weighted by atomic mass is 79.9. The topological polar surface area (TPSA) is 55.1 Å². The van der Waals surface area contributed by atoms with E-state index in [0.29, 0.717) is 0 Å². The summed E-state index contributed by atoms with van der Waals surface area (Å²) in [5.41, 5.74) is 1.70. The normalized spacial score (nSPS) is 12.4. The van der Waals surface area contributed by atoms with Crippen LogP contribution in [0.3, 0.4) is 0 Å². The fourth-order valence-electron chi connectivity index (χ4n) is 2.18. The lowest BCUT2D eigenvalue weighted by atomic mass is 9.93. The molecule has 6 heteroatoms. The summed E-state index contributed by atoms with van der Waals surface area (Å²) < 4.78 is 16.2. The summed E-state index contributed by atoms with van der Waals surface area (Å²) in [7, 11) is 1.74. The average molecular weight is 341 g/mol. The lowest BCUT2D eigenvalue weighted by molar-refractivity contribution is -0.138. The molecule has 0 aliphatic carbocycles. The van der Waals surface area contributed by atoms with Crippen molar-refractivity contribution in [1.29, 1.82) is 0 Å². The zero-order valence-corrected chi connectivity index (χ0v) is 12.7. The van der Waals surface area contributed by atoms with Crippen molar-refractivity contribution < 1.29 is 14.3 Å². The molecule has 1 aromatic carbocycles. The Kier molecular flexibility index (Phi) is 4.23. The molecule has 0 radical (unpaired) electrons. The highest BCUT2D eigenvalue weighted by Gasteiger charge is 2.26. The van der Waals surface area contributed by atoms with Crippen LogP contribution in [0, 0.1) is 12.7 Å². The van der Waals surface area contributed by atoms with Crippen LogP contribution in [-0.4, -0.2) is 20.9 Å². The third-order valence-electron chi connectivity index (χ3n) is 3.24. The van der Waals surface area contributed by atoms with Gasteiger partial charge in [-0.1, -0.05) is 18.2 Å². The number of nitrogens with zero attached hydrogens (tertiary/aromatic N) is 2. The predicted octanol–water partition coefficient (Wildman–Crippen LogP) is 3.04. The van der Waals surface area contributed by atoms with Gasteiger partial charge in [-0.3, -0.25) is 9.48 Å². The molecule has 1 unspecified atom stereocenters. The molecule has 0 bridgehead atoms. The highest BCUT2D eigenvalue weighted by molar-refractivity contribution is 9.10. The molecule has 0 saturated heterocycles. The van der Waals surface area contributed by atoms with Gasteiger partial charge in [-0.2, -0.15) is 5.10 Å². The standard InChI is InChI=1S/C14H14BrFN2O2/c1-8-13(15)12(18(2)17-8)7-10(14(19)20)9-5-3-4-6-11(9)16/h3-6,10H,7H2,1-2H3,(H,19,20). The number of hydrogen-bond donors (Lipinski definition) is 1. The second-order valence-electron chi connectivity index (χ2n) is 4.59. The lowest BCUT2D eigenvalue weighted by Gasteiger charge is -2.14. The van der Waals surface area contributed by atoms with Crippen molar-refractivity contribution >= 4 is 21.9 Å². The van der Waals surface area contributed by atoms with Crippen molar-refractivity contribution in [3.8, 4) is 0 Å². The number of hydrogen-bond acceptors (Lipinski definition) is 2. The van der Waals surface area contributed by atoms with E-state index in [2.05, 4.69) is 21.0 Å². The fraction of sp³-hybridized carbons (Fsp3) is 0.286. The third-order valence-corrected chi connectivity index (χ3v) is 4.27. The Balaban J connectivity index is 2.41. The van der Waals surface area contributed by atoms with Crippen LogP contribution in [0.2, 0.25) is 0 Å². The Morgan fingerprint density at radius 1 is 1.50 bits per heavy atom. The van der Waals surface area contributed by atoms with E-state index in [0.717, 1.165) is 15.9 Å². The molecule has 106 valence electrons. The molecule has 0 fully saturated rings. The molecule has 4 nitrogen and oxygen atoms in total. The van der Waals surface area contributed by atoms with Crippen LogP contribution in [0.4, 0.5) is 4.39 Å². The van der Waals surface area contributed by atoms with E-state index in [1.807, 2.05) is 6.92 Å². The molecule has 2 rings (SSSR count). The maximum atomic E-state index is 13.8. The van der Waals surface area contributed by atoms with Gasteiger partial charge < -0.3 is 5.11 Å². The summed E-state index contributed by atoms with van der Waals surface area (Å²) in [6, 6.07) is 5.96. The highest BCUT2D eigenvalue weighted by Crippen LogP contribution is 2.28. The molecule has 0 amide bonds. The second-order valence-corrected chi connectivity index (χ2v) is 5.38. The van der Waals surface area contributed by atoms with Crippen LogP contribution in [0.1, 0.15) is 22.9 Å². The van der Waals surface area contributed by atoms with E-state index in [9.17, 15) is 14.3 Å². The number of carboxylic acids is 1. The molecule has 1 N–H and O–H groups in total. The van der Waals surface area contributed by atoms with Crippen molar-refractivity contribution in [2.24, 2.45) is 7.05 Å². The van der Waals surface area contributed by atoms with Gasteiger partial charge in [0.1, 0.15) is 5.82 Å². The monoisotopic (exact) mass is 340 g/mol. The van der Waals surface area contributed by atoms with Crippen molar-refractivity contribution in [2.45, 2.75) is 19.3 Å². The number of rotatable bonds is 4. The maximum absolute atomic E-state index is 13.8. The minimum atomic E-state index is -1.05. The van der Waals surface area contributed by atoms with E-state index in [1.54, 1.807) is 23.9 Å². The minimum Gasteiger partial charge on any atom is -0.481 e. The zero-order valence-electron chi connectivity index (χ0n) is 11.1. The molecule has 0 aliphatic rings. The smallest absolute Gasteiger partial charge is 0.311 e. The number of carbonyl (C=O) groups is 1. The van der Waals surface area contributed by atoms with Crippen molar-refractivity contribution in [3.63, 3.8) is 0 Å². The van der Waals surface area contributed by atoms with Gasteiger partial charge in [0.05, 0.1) is 21.8 Å². The van der Waals surface area contributed by atoms with Crippen molar-refractivity contribution in [2.75, 3.05) is 0 Å². The third kappa shape index (κ3) is 2.75. The number of halogens is 2. The van der Waals surface area contributed by atoms with Crippen LogP contribution < -0.4 is 0 Å². The summed E-state index contributed by atoms with van der Waals surface area (Å²) in [4.78, 5) is 11.5. The molecule has 2 aromatic rings. The van der Waals surface area contributed by atoms with Gasteiger partial charge >= 0.3 is 5.97 Å². The molecular formula is C14H14BrFN2O2. The SMILES string of the molecule is Cc1nn(C)c(CC(C(=O)O)c2ccccc2F)c1Br. The Morgan fingerprint density at radius 3 is 2.65 bits per heavy atom. The van der Waals surface area contributed by atoms with E-state index in [1.165, 1.54) is 12.1 Å². The lowest BCUT2D eigenvalue weighted by Crippen LogP contribution is -2.17. The van der Waals surface area contributed by atoms with Crippen LogP contribution in [0.15, 0.2) is 28.7 Å². The Hall–Kier alpha value is -1.69. The second kappa shape index (κ2) is 5.75. The van der Waals surface area contributed by atoms with Crippen LogP contribution in [0.5, 0.6) is 0 Å². The summed E-state index contributed by atoms with van der Waals surface area (Å²) in [6.45, 7) is 1.83. The van der Waals surface area contributed by atoms with Crippen LogP contribution in [-0.2, 0) is 18.3 Å². The summed E-state index contributed by atoms with van der Waals surface area (Å²) in [6.07, 6.45) is 0.175. The van der Waals surface area contributed by atoms with Crippen molar-refractivity contribution in [1.82, 2.24) is 9.78 Å². The van der Waals surface area contributed by atoms with Crippen LogP contribution >= 0.6 is 15.9 Å². The molecule has 1 atom stereocenters. The van der Waals surface area contributed by atoms with Gasteiger partial charge in [-0.15, -0.1) is 0 Å². The molecule has 0 aliphatic heterocycles. The van der Waals surface area contributed by atoms with E-state index in [4.69, 9.17) is 0 Å². The first-order valence-corrected chi connectivity index (χ1v) is 6.86. The largest absolute Gasteiger partial charge is 0.481 e. The number of aliphatic carboxylic acids is 1. The molecule has 1 heterocycles. The number of aromatic nitrogens is 2. The predicted molar refractivity (Wildman–Crippen MR) is 76.1 cm³/mol. The molecule has 20 heavy (non-hydrogen) atoms. The van der Waals surface area contributed by atoms with E-state index >= 15 is 0 Å². The quantitative estimate of drug-likeness (QED) is 0.930.